The second-order valence-corrected chi connectivity index (χ2v) is 5.26. The van der Waals surface area contributed by atoms with E-state index < -0.39 is 0 Å². The molecular weight excluding hydrogens is 294 g/mol. The van der Waals surface area contributed by atoms with Gasteiger partial charge in [0.15, 0.2) is 0 Å². The third-order valence-electron chi connectivity index (χ3n) is 3.37. The SMILES string of the molecule is CNC(=O)CNC(=O)NCc1cc(N(C)C)nc2ccccc12. The summed E-state index contributed by atoms with van der Waals surface area (Å²) in [6.45, 7) is 0.297. The zero-order valence-corrected chi connectivity index (χ0v) is 13.5. The van der Waals surface area contributed by atoms with E-state index >= 15 is 0 Å². The van der Waals surface area contributed by atoms with Crippen LogP contribution in [0, 0.1) is 0 Å². The molecule has 7 nitrogen and oxygen atoms in total. The van der Waals surface area contributed by atoms with E-state index in [4.69, 9.17) is 0 Å². The minimum atomic E-state index is -0.388. The summed E-state index contributed by atoms with van der Waals surface area (Å²) in [6, 6.07) is 9.34. The molecule has 0 radical (unpaired) electrons. The van der Waals surface area contributed by atoms with Crippen molar-refractivity contribution in [2.45, 2.75) is 6.54 Å². The van der Waals surface area contributed by atoms with E-state index in [2.05, 4.69) is 20.9 Å². The number of likely N-dealkylation sites (N-methyl/N-ethyl adjacent to an activating group) is 1. The van der Waals surface area contributed by atoms with Crippen LogP contribution in [0.4, 0.5) is 10.6 Å². The predicted molar refractivity (Wildman–Crippen MR) is 90.4 cm³/mol. The molecule has 0 aliphatic heterocycles. The quantitative estimate of drug-likeness (QED) is 0.763. The van der Waals surface area contributed by atoms with Crippen molar-refractivity contribution in [1.82, 2.24) is 20.9 Å². The maximum absolute atomic E-state index is 11.8. The summed E-state index contributed by atoms with van der Waals surface area (Å²) in [5, 5.41) is 8.69. The van der Waals surface area contributed by atoms with Crippen molar-refractivity contribution in [2.24, 2.45) is 0 Å². The van der Waals surface area contributed by atoms with Crippen LogP contribution < -0.4 is 20.9 Å². The Kier molecular flexibility index (Phi) is 5.35. The topological polar surface area (TPSA) is 86.4 Å². The minimum Gasteiger partial charge on any atom is -0.363 e. The molecule has 0 spiro atoms. The van der Waals surface area contributed by atoms with Gasteiger partial charge >= 0.3 is 6.03 Å². The standard InChI is InChI=1S/C16H21N5O2/c1-17-15(22)10-19-16(23)18-9-11-8-14(21(2)3)20-13-7-5-4-6-12(11)13/h4-8H,9-10H2,1-3H3,(H,17,22)(H2,18,19,23). The number of nitrogens with zero attached hydrogens (tertiary/aromatic N) is 2. The molecule has 3 amide bonds. The number of hydrogen-bond donors (Lipinski definition) is 3. The van der Waals surface area contributed by atoms with Gasteiger partial charge in [-0.25, -0.2) is 9.78 Å². The Morgan fingerprint density at radius 2 is 1.91 bits per heavy atom. The summed E-state index contributed by atoms with van der Waals surface area (Å²) >= 11 is 0. The highest BCUT2D eigenvalue weighted by Gasteiger charge is 2.09. The lowest BCUT2D eigenvalue weighted by molar-refractivity contribution is -0.119. The highest BCUT2D eigenvalue weighted by molar-refractivity contribution is 5.86. The number of urea groups is 1. The molecule has 0 fully saturated rings. The predicted octanol–water partition coefficient (Wildman–Crippen LogP) is 0.846. The molecule has 122 valence electrons. The Morgan fingerprint density at radius 3 is 2.61 bits per heavy atom. The first kappa shape index (κ1) is 16.5. The van der Waals surface area contributed by atoms with Crippen molar-refractivity contribution < 1.29 is 9.59 Å². The van der Waals surface area contributed by atoms with Crippen LogP contribution in [0.15, 0.2) is 30.3 Å². The van der Waals surface area contributed by atoms with Crippen molar-refractivity contribution >= 4 is 28.7 Å². The number of hydrogen-bond acceptors (Lipinski definition) is 4. The number of fused-ring (bicyclic) bond motifs is 1. The second-order valence-electron chi connectivity index (χ2n) is 5.26. The Labute approximate surface area is 135 Å². The fraction of sp³-hybridized carbons (Fsp3) is 0.312. The third kappa shape index (κ3) is 4.32. The first-order chi connectivity index (χ1) is 11.0. The fourth-order valence-corrected chi connectivity index (χ4v) is 2.09. The molecule has 0 bridgehead atoms. The van der Waals surface area contributed by atoms with Gasteiger partial charge in [0.2, 0.25) is 5.91 Å². The van der Waals surface area contributed by atoms with Crippen molar-refractivity contribution in [3.63, 3.8) is 0 Å². The molecule has 3 N–H and O–H groups in total. The van der Waals surface area contributed by atoms with Gasteiger partial charge in [0.1, 0.15) is 5.82 Å². The van der Waals surface area contributed by atoms with Gasteiger partial charge in [-0.3, -0.25) is 4.79 Å². The van der Waals surface area contributed by atoms with E-state index in [0.29, 0.717) is 6.54 Å². The van der Waals surface area contributed by atoms with Crippen molar-refractivity contribution in [2.75, 3.05) is 32.6 Å². The summed E-state index contributed by atoms with van der Waals surface area (Å²) in [5.74, 6) is 0.579. The number of carbonyl (C=O) groups excluding carboxylic acids is 2. The van der Waals surface area contributed by atoms with Crippen LogP contribution in [-0.4, -0.2) is 44.6 Å². The number of carbonyl (C=O) groups is 2. The normalized spacial score (nSPS) is 10.2. The molecule has 0 saturated heterocycles. The Morgan fingerprint density at radius 1 is 1.17 bits per heavy atom. The van der Waals surface area contributed by atoms with E-state index in [1.165, 1.54) is 7.05 Å². The van der Waals surface area contributed by atoms with Gasteiger partial charge in [-0.15, -0.1) is 0 Å². The highest BCUT2D eigenvalue weighted by Crippen LogP contribution is 2.21. The van der Waals surface area contributed by atoms with Crippen molar-refractivity contribution in [1.29, 1.82) is 0 Å². The lowest BCUT2D eigenvalue weighted by Gasteiger charge is -2.15. The molecule has 23 heavy (non-hydrogen) atoms. The number of rotatable bonds is 5. The molecule has 0 aliphatic rings. The minimum absolute atomic E-state index is 0.0532. The summed E-state index contributed by atoms with van der Waals surface area (Å²) < 4.78 is 0. The van der Waals surface area contributed by atoms with Crippen LogP contribution >= 0.6 is 0 Å². The molecule has 2 aromatic rings. The maximum Gasteiger partial charge on any atom is 0.315 e. The van der Waals surface area contributed by atoms with Gasteiger partial charge in [0, 0.05) is 33.1 Å². The van der Waals surface area contributed by atoms with Crippen molar-refractivity contribution in [3.8, 4) is 0 Å². The smallest absolute Gasteiger partial charge is 0.315 e. The Bertz CT molecular complexity index is 715. The number of anilines is 1. The summed E-state index contributed by atoms with van der Waals surface area (Å²) in [6.07, 6.45) is 0. The van der Waals surface area contributed by atoms with Crippen LogP contribution in [0.1, 0.15) is 5.56 Å². The lowest BCUT2D eigenvalue weighted by Crippen LogP contribution is -2.40. The number of aromatic nitrogens is 1. The van der Waals surface area contributed by atoms with E-state index in [1.807, 2.05) is 49.3 Å². The molecular formula is C16H21N5O2. The molecule has 0 aliphatic carbocycles. The second kappa shape index (κ2) is 7.44. The first-order valence-corrected chi connectivity index (χ1v) is 7.29. The summed E-state index contributed by atoms with van der Waals surface area (Å²) in [5.41, 5.74) is 1.84. The molecule has 1 aromatic heterocycles. The monoisotopic (exact) mass is 315 g/mol. The number of pyridine rings is 1. The van der Waals surface area contributed by atoms with Crippen LogP contribution in [0.3, 0.4) is 0 Å². The van der Waals surface area contributed by atoms with Gasteiger partial charge in [0.05, 0.1) is 12.1 Å². The van der Waals surface area contributed by atoms with E-state index in [1.54, 1.807) is 0 Å². The number of amides is 3. The summed E-state index contributed by atoms with van der Waals surface area (Å²) in [7, 11) is 5.36. The van der Waals surface area contributed by atoms with Gasteiger partial charge in [-0.05, 0) is 17.7 Å². The fourth-order valence-electron chi connectivity index (χ4n) is 2.09. The Hall–Kier alpha value is -2.83. The average Bonchev–Trinajstić information content (AvgIpc) is 2.56. The molecule has 0 atom stereocenters. The maximum atomic E-state index is 11.8. The molecule has 1 heterocycles. The number of para-hydroxylation sites is 1. The largest absolute Gasteiger partial charge is 0.363 e. The van der Waals surface area contributed by atoms with E-state index in [9.17, 15) is 9.59 Å². The van der Waals surface area contributed by atoms with Gasteiger partial charge in [-0.2, -0.15) is 0 Å². The third-order valence-corrected chi connectivity index (χ3v) is 3.37. The van der Waals surface area contributed by atoms with Crippen molar-refractivity contribution in [3.05, 3.63) is 35.9 Å². The van der Waals surface area contributed by atoms with Gasteiger partial charge < -0.3 is 20.9 Å². The molecule has 7 heteroatoms. The number of nitrogens with one attached hydrogen (secondary N) is 3. The van der Waals surface area contributed by atoms with Crippen LogP contribution in [0.25, 0.3) is 10.9 Å². The van der Waals surface area contributed by atoms with Crippen LogP contribution in [-0.2, 0) is 11.3 Å². The zero-order valence-electron chi connectivity index (χ0n) is 13.5. The van der Waals surface area contributed by atoms with Gasteiger partial charge in [-0.1, -0.05) is 18.2 Å². The lowest BCUT2D eigenvalue weighted by atomic mass is 10.1. The van der Waals surface area contributed by atoms with Crippen LogP contribution in [0.2, 0.25) is 0 Å². The number of benzene rings is 1. The van der Waals surface area contributed by atoms with E-state index in [0.717, 1.165) is 22.3 Å². The molecule has 0 saturated carbocycles. The van der Waals surface area contributed by atoms with Crippen LogP contribution in [0.5, 0.6) is 0 Å². The average molecular weight is 315 g/mol. The summed E-state index contributed by atoms with van der Waals surface area (Å²) in [4.78, 5) is 29.4. The first-order valence-electron chi connectivity index (χ1n) is 7.29. The molecule has 1 aromatic carbocycles. The van der Waals surface area contributed by atoms with E-state index in [-0.39, 0.29) is 18.5 Å². The highest BCUT2D eigenvalue weighted by atomic mass is 16.2. The zero-order chi connectivity index (χ0) is 16.8. The van der Waals surface area contributed by atoms with Gasteiger partial charge in [0.25, 0.3) is 0 Å². The molecule has 0 unspecified atom stereocenters. The Balaban J connectivity index is 2.12. The molecule has 2 rings (SSSR count).